The molecule has 0 heterocycles. The Labute approximate surface area is 90.7 Å². The zero-order chi connectivity index (χ0) is 12.6. The predicted octanol–water partition coefficient (Wildman–Crippen LogP) is 3.07. The van der Waals surface area contributed by atoms with Crippen LogP contribution >= 0.6 is 0 Å². The number of aliphatic carboxylic acids is 1. The van der Waals surface area contributed by atoms with E-state index in [4.69, 9.17) is 5.11 Å². The van der Waals surface area contributed by atoms with Gasteiger partial charge in [0.15, 0.2) is 0 Å². The molecule has 0 aliphatic carbocycles. The lowest BCUT2D eigenvalue weighted by atomic mass is 9.84. The summed E-state index contributed by atoms with van der Waals surface area (Å²) < 4.78 is 37.2. The van der Waals surface area contributed by atoms with Crippen LogP contribution in [0.25, 0.3) is 0 Å². The van der Waals surface area contributed by atoms with Crippen LogP contribution in [-0.4, -0.2) is 11.1 Å². The van der Waals surface area contributed by atoms with Gasteiger partial charge in [0, 0.05) is 0 Å². The molecule has 0 unspecified atom stereocenters. The van der Waals surface area contributed by atoms with Gasteiger partial charge < -0.3 is 5.11 Å². The molecule has 0 atom stereocenters. The molecule has 0 aromatic heterocycles. The summed E-state index contributed by atoms with van der Waals surface area (Å²) in [6.07, 6.45) is -4.45. The van der Waals surface area contributed by atoms with Gasteiger partial charge in [0.25, 0.3) is 0 Å². The largest absolute Gasteiger partial charge is 0.481 e. The van der Waals surface area contributed by atoms with E-state index in [2.05, 4.69) is 0 Å². The van der Waals surface area contributed by atoms with Crippen LogP contribution in [0.15, 0.2) is 24.3 Å². The van der Waals surface area contributed by atoms with E-state index in [1.807, 2.05) is 0 Å². The van der Waals surface area contributed by atoms with E-state index in [-0.39, 0.29) is 5.56 Å². The summed E-state index contributed by atoms with van der Waals surface area (Å²) in [6.45, 7) is 2.73. The fourth-order valence-corrected chi connectivity index (χ4v) is 1.21. The highest BCUT2D eigenvalue weighted by atomic mass is 19.4. The van der Waals surface area contributed by atoms with E-state index < -0.39 is 23.1 Å². The minimum atomic E-state index is -4.45. The smallest absolute Gasteiger partial charge is 0.416 e. The summed E-state index contributed by atoms with van der Waals surface area (Å²) in [4.78, 5) is 10.9. The van der Waals surface area contributed by atoms with Gasteiger partial charge in [0.05, 0.1) is 11.0 Å². The average molecular weight is 232 g/mol. The molecule has 1 aromatic rings. The molecule has 0 spiro atoms. The van der Waals surface area contributed by atoms with Crippen molar-refractivity contribution in [1.29, 1.82) is 0 Å². The third-order valence-electron chi connectivity index (χ3n) is 2.45. The highest BCUT2D eigenvalue weighted by Gasteiger charge is 2.34. The maximum atomic E-state index is 12.4. The second-order valence-electron chi connectivity index (χ2n) is 4.01. The minimum Gasteiger partial charge on any atom is -0.481 e. The molecule has 16 heavy (non-hydrogen) atoms. The molecule has 0 fully saturated rings. The molecule has 1 N–H and O–H groups in total. The SMILES string of the molecule is CC(C)(C(=O)O)c1cccc(C(F)(F)F)c1. The monoisotopic (exact) mass is 232 g/mol. The van der Waals surface area contributed by atoms with Crippen LogP contribution in [0.2, 0.25) is 0 Å². The van der Waals surface area contributed by atoms with Gasteiger partial charge >= 0.3 is 12.1 Å². The van der Waals surface area contributed by atoms with Crippen molar-refractivity contribution in [3.05, 3.63) is 35.4 Å². The first-order valence-electron chi connectivity index (χ1n) is 4.57. The number of hydrogen-bond acceptors (Lipinski definition) is 1. The summed E-state index contributed by atoms with van der Waals surface area (Å²) in [5, 5.41) is 8.91. The number of rotatable bonds is 2. The molecule has 1 aromatic carbocycles. The first-order chi connectivity index (χ1) is 7.15. The molecule has 0 saturated heterocycles. The Morgan fingerprint density at radius 3 is 2.12 bits per heavy atom. The quantitative estimate of drug-likeness (QED) is 0.850. The van der Waals surface area contributed by atoms with E-state index in [1.165, 1.54) is 26.0 Å². The Kier molecular flexibility index (Phi) is 2.99. The predicted molar refractivity (Wildman–Crippen MR) is 52.1 cm³/mol. The first-order valence-corrected chi connectivity index (χ1v) is 4.57. The molecule has 88 valence electrons. The molecule has 0 amide bonds. The van der Waals surface area contributed by atoms with E-state index in [0.29, 0.717) is 0 Å². The van der Waals surface area contributed by atoms with Crippen molar-refractivity contribution in [3.63, 3.8) is 0 Å². The van der Waals surface area contributed by atoms with Gasteiger partial charge in [0.2, 0.25) is 0 Å². The molecular formula is C11H11F3O2. The number of halogens is 3. The number of hydrogen-bond donors (Lipinski definition) is 1. The van der Waals surface area contributed by atoms with Crippen molar-refractivity contribution < 1.29 is 23.1 Å². The van der Waals surface area contributed by atoms with Gasteiger partial charge in [0.1, 0.15) is 0 Å². The van der Waals surface area contributed by atoms with Crippen molar-refractivity contribution in [2.75, 3.05) is 0 Å². The van der Waals surface area contributed by atoms with Crippen LogP contribution in [0.4, 0.5) is 13.2 Å². The van der Waals surface area contributed by atoms with Crippen LogP contribution in [-0.2, 0) is 16.4 Å². The highest BCUT2D eigenvalue weighted by Crippen LogP contribution is 2.32. The maximum absolute atomic E-state index is 12.4. The third kappa shape index (κ3) is 2.35. The Bertz CT molecular complexity index is 408. The summed E-state index contributed by atoms with van der Waals surface area (Å²) in [5.41, 5.74) is -2.03. The molecule has 0 aliphatic rings. The molecule has 0 aliphatic heterocycles. The maximum Gasteiger partial charge on any atom is 0.416 e. The van der Waals surface area contributed by atoms with Crippen molar-refractivity contribution in [1.82, 2.24) is 0 Å². The van der Waals surface area contributed by atoms with Crippen molar-refractivity contribution in [2.45, 2.75) is 25.4 Å². The lowest BCUT2D eigenvalue weighted by molar-refractivity contribution is -0.143. The highest BCUT2D eigenvalue weighted by molar-refractivity contribution is 5.80. The zero-order valence-electron chi connectivity index (χ0n) is 8.80. The average Bonchev–Trinajstić information content (AvgIpc) is 2.16. The zero-order valence-corrected chi connectivity index (χ0v) is 8.80. The number of benzene rings is 1. The second kappa shape index (κ2) is 3.81. The van der Waals surface area contributed by atoms with Gasteiger partial charge in [-0.1, -0.05) is 18.2 Å². The normalized spacial score (nSPS) is 12.6. The Balaban J connectivity index is 3.23. The van der Waals surface area contributed by atoms with Gasteiger partial charge in [-0.05, 0) is 25.5 Å². The van der Waals surface area contributed by atoms with Crippen LogP contribution in [0.1, 0.15) is 25.0 Å². The third-order valence-corrected chi connectivity index (χ3v) is 2.45. The lowest BCUT2D eigenvalue weighted by Gasteiger charge is -2.20. The van der Waals surface area contributed by atoms with Gasteiger partial charge in [-0.15, -0.1) is 0 Å². The summed E-state index contributed by atoms with van der Waals surface area (Å²) in [5.74, 6) is -1.16. The summed E-state index contributed by atoms with van der Waals surface area (Å²) in [7, 11) is 0. The number of carbonyl (C=O) groups is 1. The Hall–Kier alpha value is -1.52. The van der Waals surface area contributed by atoms with E-state index in [9.17, 15) is 18.0 Å². The number of alkyl halides is 3. The first kappa shape index (κ1) is 12.5. The van der Waals surface area contributed by atoms with Crippen molar-refractivity contribution in [2.24, 2.45) is 0 Å². The minimum absolute atomic E-state index is 0.134. The van der Waals surface area contributed by atoms with Gasteiger partial charge in [-0.3, -0.25) is 4.79 Å². The lowest BCUT2D eigenvalue weighted by Crippen LogP contribution is -2.28. The van der Waals surface area contributed by atoms with Crippen LogP contribution < -0.4 is 0 Å². The Morgan fingerprint density at radius 1 is 1.19 bits per heavy atom. The van der Waals surface area contributed by atoms with Crippen molar-refractivity contribution >= 4 is 5.97 Å². The standard InChI is InChI=1S/C11H11F3O2/c1-10(2,9(15)16)7-4-3-5-8(6-7)11(12,13)14/h3-6H,1-2H3,(H,15,16). The van der Waals surface area contributed by atoms with Crippen LogP contribution in [0.3, 0.4) is 0 Å². The summed E-state index contributed by atoms with van der Waals surface area (Å²) in [6, 6.07) is 4.38. The molecule has 5 heteroatoms. The molecule has 0 saturated carbocycles. The Morgan fingerprint density at radius 2 is 1.69 bits per heavy atom. The molecule has 0 radical (unpaired) electrons. The molecule has 0 bridgehead atoms. The number of carboxylic acids is 1. The topological polar surface area (TPSA) is 37.3 Å². The summed E-state index contributed by atoms with van der Waals surface area (Å²) >= 11 is 0. The van der Waals surface area contributed by atoms with E-state index in [0.717, 1.165) is 12.1 Å². The van der Waals surface area contributed by atoms with E-state index >= 15 is 0 Å². The molecule has 2 nitrogen and oxygen atoms in total. The fraction of sp³-hybridized carbons (Fsp3) is 0.364. The van der Waals surface area contributed by atoms with E-state index in [1.54, 1.807) is 0 Å². The van der Waals surface area contributed by atoms with Gasteiger partial charge in [-0.2, -0.15) is 13.2 Å². The van der Waals surface area contributed by atoms with Gasteiger partial charge in [-0.25, -0.2) is 0 Å². The van der Waals surface area contributed by atoms with Crippen LogP contribution in [0, 0.1) is 0 Å². The van der Waals surface area contributed by atoms with Crippen LogP contribution in [0.5, 0.6) is 0 Å². The number of carboxylic acid groups (broad SMARTS) is 1. The van der Waals surface area contributed by atoms with Crippen molar-refractivity contribution in [3.8, 4) is 0 Å². The molecular weight excluding hydrogens is 221 g/mol. The second-order valence-corrected chi connectivity index (χ2v) is 4.01. The fourth-order valence-electron chi connectivity index (χ4n) is 1.21. The molecule has 1 rings (SSSR count).